The van der Waals surface area contributed by atoms with Gasteiger partial charge in [-0.15, -0.1) is 12.4 Å². The fraction of sp³-hybridized carbons (Fsp3) is 0.385. The summed E-state index contributed by atoms with van der Waals surface area (Å²) in [6.45, 7) is -0.183. The maximum atomic E-state index is 13.3. The molecular formula is C13H14ClF4N3O. The molecule has 22 heavy (non-hydrogen) atoms. The van der Waals surface area contributed by atoms with E-state index in [0.29, 0.717) is 5.56 Å². The molecule has 122 valence electrons. The lowest BCUT2D eigenvalue weighted by Gasteiger charge is -2.18. The van der Waals surface area contributed by atoms with Crippen molar-refractivity contribution in [1.82, 2.24) is 5.32 Å². The predicted molar refractivity (Wildman–Crippen MR) is 74.2 cm³/mol. The zero-order valence-electron chi connectivity index (χ0n) is 11.3. The molecule has 0 bridgehead atoms. The monoisotopic (exact) mass is 339 g/mol. The van der Waals surface area contributed by atoms with Crippen LogP contribution in [0.2, 0.25) is 0 Å². The number of rotatable bonds is 4. The Morgan fingerprint density at radius 1 is 1.36 bits per heavy atom. The van der Waals surface area contributed by atoms with Gasteiger partial charge in [-0.05, 0) is 30.5 Å². The Morgan fingerprint density at radius 2 is 1.95 bits per heavy atom. The summed E-state index contributed by atoms with van der Waals surface area (Å²) in [6.07, 6.45) is -5.00. The molecule has 0 heterocycles. The van der Waals surface area contributed by atoms with E-state index in [0.717, 1.165) is 6.07 Å². The van der Waals surface area contributed by atoms with E-state index in [4.69, 9.17) is 11.1 Å². The normalized spacial score (nSPS) is 15.6. The fourth-order valence-electron chi connectivity index (χ4n) is 2.00. The molecular weight excluding hydrogens is 326 g/mol. The average Bonchev–Trinajstić information content (AvgIpc) is 3.17. The summed E-state index contributed by atoms with van der Waals surface area (Å²) in [5, 5.41) is 9.38. The summed E-state index contributed by atoms with van der Waals surface area (Å²) in [5.74, 6) is -2.27. The lowest BCUT2D eigenvalue weighted by Crippen LogP contribution is -2.40. The molecule has 0 aromatic heterocycles. The Kier molecular flexibility index (Phi) is 5.06. The van der Waals surface area contributed by atoms with E-state index in [2.05, 4.69) is 5.32 Å². The second kappa shape index (κ2) is 6.12. The van der Waals surface area contributed by atoms with Crippen molar-refractivity contribution in [1.29, 1.82) is 5.41 Å². The number of benzene rings is 1. The van der Waals surface area contributed by atoms with Gasteiger partial charge >= 0.3 is 6.18 Å². The molecule has 2 rings (SSSR count). The minimum atomic E-state index is -4.57. The van der Waals surface area contributed by atoms with E-state index in [1.54, 1.807) is 0 Å². The second-order valence-corrected chi connectivity index (χ2v) is 4.99. The first kappa shape index (κ1) is 18.2. The summed E-state index contributed by atoms with van der Waals surface area (Å²) in [4.78, 5) is 11.7. The Morgan fingerprint density at radius 3 is 2.41 bits per heavy atom. The highest BCUT2D eigenvalue weighted by molar-refractivity contribution is 5.95. The van der Waals surface area contributed by atoms with Crippen LogP contribution in [0.15, 0.2) is 18.2 Å². The number of carbonyl (C=O) groups is 1. The highest BCUT2D eigenvalue weighted by Gasteiger charge is 2.68. The van der Waals surface area contributed by atoms with Gasteiger partial charge in [0.15, 0.2) is 0 Å². The molecule has 0 atom stereocenters. The molecule has 1 aliphatic rings. The van der Waals surface area contributed by atoms with Crippen molar-refractivity contribution in [3.05, 3.63) is 35.1 Å². The average molecular weight is 340 g/mol. The van der Waals surface area contributed by atoms with Crippen LogP contribution < -0.4 is 11.1 Å². The van der Waals surface area contributed by atoms with Gasteiger partial charge in [0.25, 0.3) is 0 Å². The van der Waals surface area contributed by atoms with Gasteiger partial charge in [-0.1, -0.05) is 6.07 Å². The predicted octanol–water partition coefficient (Wildman–Crippen LogP) is 2.49. The maximum absolute atomic E-state index is 13.3. The lowest BCUT2D eigenvalue weighted by molar-refractivity contribution is -0.192. The quantitative estimate of drug-likeness (QED) is 0.447. The first-order chi connectivity index (χ1) is 9.67. The van der Waals surface area contributed by atoms with Crippen LogP contribution in [0.25, 0.3) is 0 Å². The minimum Gasteiger partial charge on any atom is -0.384 e. The van der Waals surface area contributed by atoms with Crippen LogP contribution in [-0.4, -0.2) is 17.9 Å². The Balaban J connectivity index is 0.00000242. The van der Waals surface area contributed by atoms with E-state index in [1.165, 1.54) is 12.1 Å². The van der Waals surface area contributed by atoms with Crippen molar-refractivity contribution in [2.45, 2.75) is 25.6 Å². The molecule has 0 saturated heterocycles. The Labute approximate surface area is 130 Å². The number of amidine groups is 1. The van der Waals surface area contributed by atoms with Gasteiger partial charge in [-0.25, -0.2) is 4.39 Å². The number of alkyl halides is 3. The van der Waals surface area contributed by atoms with Gasteiger partial charge in [0, 0.05) is 6.54 Å². The maximum Gasteiger partial charge on any atom is 0.403 e. The number of nitrogen functional groups attached to an aromatic ring is 1. The summed E-state index contributed by atoms with van der Waals surface area (Å²) >= 11 is 0. The molecule has 0 spiro atoms. The molecule has 1 amide bonds. The standard InChI is InChI=1S/C13H13F4N3O.ClH/c14-9-2-1-7(5-8(9)10(18)19)6-20-11(21)12(3-4-12)13(15,16)17;/h1-2,5H,3-4,6H2,(H3,18,19)(H,20,21);1H. The van der Waals surface area contributed by atoms with Gasteiger partial charge in [0.05, 0.1) is 5.56 Å². The van der Waals surface area contributed by atoms with Crippen LogP contribution in [-0.2, 0) is 11.3 Å². The molecule has 0 radical (unpaired) electrons. The van der Waals surface area contributed by atoms with Crippen molar-refractivity contribution in [2.24, 2.45) is 11.1 Å². The van der Waals surface area contributed by atoms with Gasteiger partial charge in [0.1, 0.15) is 17.1 Å². The van der Waals surface area contributed by atoms with E-state index >= 15 is 0 Å². The van der Waals surface area contributed by atoms with Crippen LogP contribution in [0.4, 0.5) is 17.6 Å². The summed E-state index contributed by atoms with van der Waals surface area (Å²) in [6, 6.07) is 3.59. The fourth-order valence-corrected chi connectivity index (χ4v) is 2.00. The van der Waals surface area contributed by atoms with Gasteiger partial charge in [-0.2, -0.15) is 13.2 Å². The SMILES string of the molecule is Cl.N=C(N)c1cc(CNC(=O)C2(C(F)(F)F)CC2)ccc1F. The zero-order chi connectivity index (χ0) is 15.8. The first-order valence-corrected chi connectivity index (χ1v) is 6.15. The van der Waals surface area contributed by atoms with Gasteiger partial charge < -0.3 is 11.1 Å². The Bertz CT molecular complexity index is 599. The third kappa shape index (κ3) is 3.32. The third-order valence-corrected chi connectivity index (χ3v) is 3.50. The van der Waals surface area contributed by atoms with Crippen LogP contribution >= 0.6 is 12.4 Å². The van der Waals surface area contributed by atoms with E-state index < -0.39 is 29.2 Å². The number of nitrogens with two attached hydrogens (primary N) is 1. The minimum absolute atomic E-state index is 0. The topological polar surface area (TPSA) is 79.0 Å². The molecule has 1 aromatic carbocycles. The number of hydrogen-bond donors (Lipinski definition) is 3. The van der Waals surface area contributed by atoms with Gasteiger partial charge in [0.2, 0.25) is 5.91 Å². The second-order valence-electron chi connectivity index (χ2n) is 4.99. The van der Waals surface area contributed by atoms with Crippen molar-refractivity contribution in [3.63, 3.8) is 0 Å². The molecule has 4 nitrogen and oxygen atoms in total. The van der Waals surface area contributed by atoms with Crippen LogP contribution in [0.3, 0.4) is 0 Å². The number of halogens is 5. The smallest absolute Gasteiger partial charge is 0.384 e. The van der Waals surface area contributed by atoms with E-state index in [-0.39, 0.29) is 37.4 Å². The third-order valence-electron chi connectivity index (χ3n) is 3.50. The summed E-state index contributed by atoms with van der Waals surface area (Å²) < 4.78 is 51.5. The van der Waals surface area contributed by atoms with Gasteiger partial charge in [-0.3, -0.25) is 10.2 Å². The summed E-state index contributed by atoms with van der Waals surface area (Å²) in [7, 11) is 0. The van der Waals surface area contributed by atoms with E-state index in [1.807, 2.05) is 0 Å². The first-order valence-electron chi connectivity index (χ1n) is 6.15. The summed E-state index contributed by atoms with van der Waals surface area (Å²) in [5.41, 5.74) is 3.12. The zero-order valence-corrected chi connectivity index (χ0v) is 12.1. The molecule has 0 unspecified atom stereocenters. The molecule has 1 saturated carbocycles. The molecule has 1 aromatic rings. The number of hydrogen-bond acceptors (Lipinski definition) is 2. The van der Waals surface area contributed by atoms with Crippen LogP contribution in [0.1, 0.15) is 24.0 Å². The van der Waals surface area contributed by atoms with Crippen molar-refractivity contribution in [3.8, 4) is 0 Å². The van der Waals surface area contributed by atoms with Crippen LogP contribution in [0.5, 0.6) is 0 Å². The highest BCUT2D eigenvalue weighted by Crippen LogP contribution is 2.57. The lowest BCUT2D eigenvalue weighted by atomic mass is 10.1. The molecule has 1 aliphatic carbocycles. The Hall–Kier alpha value is -1.83. The van der Waals surface area contributed by atoms with Crippen LogP contribution in [0, 0.1) is 16.6 Å². The number of carbonyl (C=O) groups excluding carboxylic acids is 1. The number of nitrogens with one attached hydrogen (secondary N) is 2. The molecule has 9 heteroatoms. The highest BCUT2D eigenvalue weighted by atomic mass is 35.5. The van der Waals surface area contributed by atoms with Crippen molar-refractivity contribution >= 4 is 24.1 Å². The number of amides is 1. The van der Waals surface area contributed by atoms with Crippen molar-refractivity contribution < 1.29 is 22.4 Å². The largest absolute Gasteiger partial charge is 0.403 e. The van der Waals surface area contributed by atoms with Crippen molar-refractivity contribution in [2.75, 3.05) is 0 Å². The molecule has 4 N–H and O–H groups in total. The molecule has 0 aliphatic heterocycles. The molecule has 1 fully saturated rings. The van der Waals surface area contributed by atoms with E-state index in [9.17, 15) is 22.4 Å².